The van der Waals surface area contributed by atoms with E-state index < -0.39 is 5.95 Å². The maximum Gasteiger partial charge on any atom is 0.213 e. The van der Waals surface area contributed by atoms with Gasteiger partial charge in [0.05, 0.1) is 11.7 Å². The van der Waals surface area contributed by atoms with Crippen LogP contribution in [0.4, 0.5) is 10.2 Å². The van der Waals surface area contributed by atoms with Crippen molar-refractivity contribution in [3.8, 4) is 22.4 Å². The smallest absolute Gasteiger partial charge is 0.213 e. The lowest BCUT2D eigenvalue weighted by molar-refractivity contribution is 0.586. The Morgan fingerprint density at radius 2 is 1.65 bits per heavy atom. The van der Waals surface area contributed by atoms with Gasteiger partial charge in [0.25, 0.3) is 0 Å². The first kappa shape index (κ1) is 13.5. The van der Waals surface area contributed by atoms with Crippen LogP contribution >= 0.6 is 0 Å². The minimum Gasteiger partial charge on any atom is -0.384 e. The molecular weight excluding hydrogens is 291 g/mol. The largest absolute Gasteiger partial charge is 0.384 e. The maximum atomic E-state index is 13.2. The third-order valence-corrected chi connectivity index (χ3v) is 3.78. The molecule has 1 aromatic carbocycles. The van der Waals surface area contributed by atoms with Gasteiger partial charge in [-0.1, -0.05) is 24.3 Å². The number of anilines is 1. The molecule has 0 aliphatic carbocycles. The van der Waals surface area contributed by atoms with Gasteiger partial charge in [-0.15, -0.1) is 0 Å². The molecule has 3 N–H and O–H groups in total. The number of nitrogen functional groups attached to an aromatic ring is 1. The molecule has 23 heavy (non-hydrogen) atoms. The van der Waals surface area contributed by atoms with Crippen LogP contribution in [0.3, 0.4) is 0 Å². The number of benzene rings is 1. The molecule has 3 aromatic heterocycles. The van der Waals surface area contributed by atoms with Crippen LogP contribution in [-0.2, 0) is 0 Å². The van der Waals surface area contributed by atoms with Crippen LogP contribution in [0.15, 0.2) is 60.9 Å². The average Bonchev–Trinajstić information content (AvgIpc) is 2.98. The summed E-state index contributed by atoms with van der Waals surface area (Å²) < 4.78 is 13.2. The van der Waals surface area contributed by atoms with Crippen LogP contribution in [-0.4, -0.2) is 15.0 Å². The van der Waals surface area contributed by atoms with Gasteiger partial charge in [-0.2, -0.15) is 4.39 Å². The predicted molar refractivity (Wildman–Crippen MR) is 89.1 cm³/mol. The van der Waals surface area contributed by atoms with E-state index >= 15 is 0 Å². The fourth-order valence-electron chi connectivity index (χ4n) is 2.63. The number of halogens is 1. The summed E-state index contributed by atoms with van der Waals surface area (Å²) in [6.07, 6.45) is 3.19. The summed E-state index contributed by atoms with van der Waals surface area (Å²) >= 11 is 0. The number of rotatable bonds is 2. The third-order valence-electron chi connectivity index (χ3n) is 3.78. The second-order valence-corrected chi connectivity index (χ2v) is 5.32. The quantitative estimate of drug-likeness (QED) is 0.550. The van der Waals surface area contributed by atoms with E-state index in [1.54, 1.807) is 6.20 Å². The highest BCUT2D eigenvalue weighted by Gasteiger charge is 2.06. The van der Waals surface area contributed by atoms with E-state index in [4.69, 9.17) is 5.73 Å². The average molecular weight is 304 g/mol. The van der Waals surface area contributed by atoms with E-state index in [2.05, 4.69) is 15.0 Å². The highest BCUT2D eigenvalue weighted by atomic mass is 19.1. The maximum absolute atomic E-state index is 13.2. The van der Waals surface area contributed by atoms with Crippen molar-refractivity contribution in [2.45, 2.75) is 0 Å². The van der Waals surface area contributed by atoms with Crippen molar-refractivity contribution in [3.05, 3.63) is 66.9 Å². The van der Waals surface area contributed by atoms with Gasteiger partial charge in [-0.3, -0.25) is 0 Å². The number of nitrogens with two attached hydrogens (primary N) is 1. The van der Waals surface area contributed by atoms with Crippen molar-refractivity contribution in [1.82, 2.24) is 15.0 Å². The lowest BCUT2D eigenvalue weighted by atomic mass is 10.0. The van der Waals surface area contributed by atoms with Crippen molar-refractivity contribution in [3.63, 3.8) is 0 Å². The van der Waals surface area contributed by atoms with Crippen LogP contribution in [0.5, 0.6) is 0 Å². The van der Waals surface area contributed by atoms with Gasteiger partial charge >= 0.3 is 0 Å². The molecule has 112 valence electrons. The Morgan fingerprint density at radius 3 is 2.43 bits per heavy atom. The van der Waals surface area contributed by atoms with Gasteiger partial charge < -0.3 is 10.7 Å². The SMILES string of the molecule is Nc1cc(-c2ccc(-c3cc4cc(F)ncc4[nH]3)cc2)ccn1. The fourth-order valence-corrected chi connectivity index (χ4v) is 2.63. The molecule has 0 saturated carbocycles. The fraction of sp³-hybridized carbons (Fsp3) is 0. The van der Waals surface area contributed by atoms with Gasteiger partial charge in [-0.25, -0.2) is 9.97 Å². The van der Waals surface area contributed by atoms with Crippen molar-refractivity contribution >= 4 is 16.7 Å². The molecule has 0 aliphatic heterocycles. The monoisotopic (exact) mass is 304 g/mol. The van der Waals surface area contributed by atoms with Gasteiger partial charge in [0.1, 0.15) is 5.82 Å². The van der Waals surface area contributed by atoms with Crippen molar-refractivity contribution in [2.75, 3.05) is 5.73 Å². The van der Waals surface area contributed by atoms with E-state index in [0.717, 1.165) is 33.3 Å². The topological polar surface area (TPSA) is 67.6 Å². The lowest BCUT2D eigenvalue weighted by Gasteiger charge is -2.04. The first-order valence-corrected chi connectivity index (χ1v) is 7.16. The first-order valence-electron chi connectivity index (χ1n) is 7.16. The summed E-state index contributed by atoms with van der Waals surface area (Å²) in [4.78, 5) is 10.9. The van der Waals surface area contributed by atoms with Crippen LogP contribution in [0, 0.1) is 5.95 Å². The second kappa shape index (κ2) is 5.21. The molecule has 0 bridgehead atoms. The van der Waals surface area contributed by atoms with E-state index in [1.165, 1.54) is 12.3 Å². The zero-order chi connectivity index (χ0) is 15.8. The van der Waals surface area contributed by atoms with Crippen LogP contribution in [0.1, 0.15) is 0 Å². The lowest BCUT2D eigenvalue weighted by Crippen LogP contribution is -1.89. The van der Waals surface area contributed by atoms with Gasteiger partial charge in [-0.05, 0) is 34.9 Å². The molecule has 3 heterocycles. The molecule has 0 spiro atoms. The van der Waals surface area contributed by atoms with E-state index in [-0.39, 0.29) is 0 Å². The van der Waals surface area contributed by atoms with Crippen LogP contribution < -0.4 is 5.73 Å². The molecule has 0 amide bonds. The molecule has 4 rings (SSSR count). The number of fused-ring (bicyclic) bond motifs is 1. The molecule has 5 heteroatoms. The normalized spacial score (nSPS) is 11.0. The minimum atomic E-state index is -0.478. The van der Waals surface area contributed by atoms with Crippen molar-refractivity contribution in [2.24, 2.45) is 0 Å². The molecule has 0 aliphatic rings. The highest BCUT2D eigenvalue weighted by Crippen LogP contribution is 2.27. The predicted octanol–water partition coefficient (Wildman–Crippen LogP) is 4.01. The Labute approximate surface area is 131 Å². The number of hydrogen-bond donors (Lipinski definition) is 2. The number of nitrogens with one attached hydrogen (secondary N) is 1. The number of hydrogen-bond acceptors (Lipinski definition) is 3. The summed E-state index contributed by atoms with van der Waals surface area (Å²) in [6, 6.07) is 15.2. The number of pyridine rings is 2. The van der Waals surface area contributed by atoms with E-state index in [9.17, 15) is 4.39 Å². The molecule has 0 fully saturated rings. The zero-order valence-corrected chi connectivity index (χ0v) is 12.1. The molecule has 4 aromatic rings. The van der Waals surface area contributed by atoms with Gasteiger partial charge in [0, 0.05) is 23.3 Å². The highest BCUT2D eigenvalue weighted by molar-refractivity contribution is 5.85. The summed E-state index contributed by atoms with van der Waals surface area (Å²) in [5.74, 6) is 0.0189. The minimum absolute atomic E-state index is 0.478. The number of nitrogens with zero attached hydrogens (tertiary/aromatic N) is 2. The number of H-pyrrole nitrogens is 1. The van der Waals surface area contributed by atoms with E-state index in [1.807, 2.05) is 42.5 Å². The molecule has 4 nitrogen and oxygen atoms in total. The molecule has 0 radical (unpaired) electrons. The van der Waals surface area contributed by atoms with Gasteiger partial charge in [0.15, 0.2) is 0 Å². The van der Waals surface area contributed by atoms with Crippen LogP contribution in [0.2, 0.25) is 0 Å². The summed E-state index contributed by atoms with van der Waals surface area (Å²) in [7, 11) is 0. The summed E-state index contributed by atoms with van der Waals surface area (Å²) in [5, 5.41) is 0.804. The second-order valence-electron chi connectivity index (χ2n) is 5.32. The standard InChI is InChI=1S/C18H13FN4/c19-17-8-14-7-15(23-16(14)10-22-17)12-3-1-11(2-4-12)13-5-6-21-18(20)9-13/h1-10,23H,(H2,20,21). The number of aromatic nitrogens is 3. The number of aromatic amines is 1. The van der Waals surface area contributed by atoms with E-state index in [0.29, 0.717) is 5.82 Å². The molecular formula is C18H13FN4. The third kappa shape index (κ3) is 2.53. The van der Waals surface area contributed by atoms with Crippen molar-refractivity contribution in [1.29, 1.82) is 0 Å². The first-order chi connectivity index (χ1) is 11.2. The summed E-state index contributed by atoms with van der Waals surface area (Å²) in [6.45, 7) is 0. The van der Waals surface area contributed by atoms with Crippen molar-refractivity contribution < 1.29 is 4.39 Å². The Kier molecular flexibility index (Phi) is 3.05. The Bertz CT molecular complexity index is 990. The van der Waals surface area contributed by atoms with Crippen LogP contribution in [0.25, 0.3) is 33.3 Å². The summed E-state index contributed by atoms with van der Waals surface area (Å²) in [5.41, 5.74) is 10.6. The Balaban J connectivity index is 1.72. The zero-order valence-electron chi connectivity index (χ0n) is 12.1. The molecule has 0 atom stereocenters. The molecule has 0 saturated heterocycles. The van der Waals surface area contributed by atoms with Gasteiger partial charge in [0.2, 0.25) is 5.95 Å². The Hall–Kier alpha value is -3.21. The molecule has 0 unspecified atom stereocenters. The Morgan fingerprint density at radius 1 is 0.870 bits per heavy atom.